The molecule has 0 aliphatic heterocycles. The molecule has 3 nitrogen and oxygen atoms in total. The second-order valence-electron chi connectivity index (χ2n) is 1.83. The zero-order chi connectivity index (χ0) is 8.27. The molecule has 0 bridgehead atoms. The SMILES string of the molecule is COc1nccc(C#N)c1S. The van der Waals surface area contributed by atoms with Crippen molar-refractivity contribution in [2.75, 3.05) is 7.11 Å². The number of methoxy groups -OCH3 is 1. The van der Waals surface area contributed by atoms with E-state index >= 15 is 0 Å². The van der Waals surface area contributed by atoms with Crippen LogP contribution in [0.2, 0.25) is 0 Å². The molecule has 0 unspecified atom stereocenters. The lowest BCUT2D eigenvalue weighted by Crippen LogP contribution is -1.90. The minimum atomic E-state index is 0.382. The molecule has 0 radical (unpaired) electrons. The van der Waals surface area contributed by atoms with Gasteiger partial charge in [0, 0.05) is 6.20 Å². The van der Waals surface area contributed by atoms with Gasteiger partial charge in [0.2, 0.25) is 5.88 Å². The van der Waals surface area contributed by atoms with Gasteiger partial charge in [-0.3, -0.25) is 0 Å². The van der Waals surface area contributed by atoms with Crippen molar-refractivity contribution < 1.29 is 4.74 Å². The molecule has 1 aromatic heterocycles. The average Bonchev–Trinajstić information content (AvgIpc) is 2.05. The van der Waals surface area contributed by atoms with E-state index < -0.39 is 0 Å². The lowest BCUT2D eigenvalue weighted by atomic mass is 10.3. The molecule has 56 valence electrons. The maximum atomic E-state index is 8.56. The van der Waals surface area contributed by atoms with Gasteiger partial charge in [-0.2, -0.15) is 5.26 Å². The first-order valence-corrected chi connectivity index (χ1v) is 3.36. The Labute approximate surface area is 70.0 Å². The van der Waals surface area contributed by atoms with Crippen LogP contribution in [-0.2, 0) is 0 Å². The van der Waals surface area contributed by atoms with Crippen LogP contribution in [0.1, 0.15) is 5.56 Å². The summed E-state index contributed by atoms with van der Waals surface area (Å²) in [5, 5.41) is 8.56. The number of aromatic nitrogens is 1. The van der Waals surface area contributed by atoms with Crippen LogP contribution in [0.25, 0.3) is 0 Å². The fourth-order valence-corrected chi connectivity index (χ4v) is 0.948. The molecule has 11 heavy (non-hydrogen) atoms. The minimum Gasteiger partial charge on any atom is -0.480 e. The second-order valence-corrected chi connectivity index (χ2v) is 2.28. The largest absolute Gasteiger partial charge is 0.480 e. The third-order valence-electron chi connectivity index (χ3n) is 1.20. The predicted molar refractivity (Wildman–Crippen MR) is 42.8 cm³/mol. The zero-order valence-electron chi connectivity index (χ0n) is 5.90. The van der Waals surface area contributed by atoms with Gasteiger partial charge in [0.15, 0.2) is 0 Å². The lowest BCUT2D eigenvalue weighted by Gasteiger charge is -2.01. The second kappa shape index (κ2) is 3.26. The molecule has 1 rings (SSSR count). The van der Waals surface area contributed by atoms with E-state index in [0.29, 0.717) is 16.3 Å². The Morgan fingerprint density at radius 3 is 3.00 bits per heavy atom. The highest BCUT2D eigenvalue weighted by atomic mass is 32.1. The number of ether oxygens (including phenoxy) is 1. The van der Waals surface area contributed by atoms with Crippen LogP contribution in [0.4, 0.5) is 0 Å². The molecule has 0 saturated heterocycles. The summed E-state index contributed by atoms with van der Waals surface area (Å²) in [6.07, 6.45) is 1.51. The number of nitriles is 1. The van der Waals surface area contributed by atoms with E-state index in [-0.39, 0.29) is 0 Å². The number of hydrogen-bond acceptors (Lipinski definition) is 4. The van der Waals surface area contributed by atoms with Gasteiger partial charge in [-0.05, 0) is 6.07 Å². The Kier molecular flexibility index (Phi) is 2.34. The van der Waals surface area contributed by atoms with Gasteiger partial charge in [-0.25, -0.2) is 4.98 Å². The molecule has 0 aliphatic carbocycles. The van der Waals surface area contributed by atoms with E-state index in [0.717, 1.165) is 0 Å². The van der Waals surface area contributed by atoms with E-state index in [1.807, 2.05) is 6.07 Å². The molecular formula is C7H6N2OS. The predicted octanol–water partition coefficient (Wildman–Crippen LogP) is 1.25. The topological polar surface area (TPSA) is 45.9 Å². The molecular weight excluding hydrogens is 160 g/mol. The van der Waals surface area contributed by atoms with Crippen molar-refractivity contribution in [1.29, 1.82) is 5.26 Å². The van der Waals surface area contributed by atoms with E-state index in [2.05, 4.69) is 17.6 Å². The van der Waals surface area contributed by atoms with E-state index in [4.69, 9.17) is 10.00 Å². The standard InChI is InChI=1S/C7H6N2OS/c1-10-7-6(11)5(4-8)2-3-9-7/h2-3,11H,1H3. The van der Waals surface area contributed by atoms with Crippen molar-refractivity contribution in [2.45, 2.75) is 4.90 Å². The Morgan fingerprint density at radius 1 is 1.73 bits per heavy atom. The van der Waals surface area contributed by atoms with Gasteiger partial charge in [0.1, 0.15) is 6.07 Å². The summed E-state index contributed by atoms with van der Waals surface area (Å²) in [4.78, 5) is 4.34. The van der Waals surface area contributed by atoms with Gasteiger partial charge in [-0.15, -0.1) is 12.6 Å². The number of hydrogen-bond donors (Lipinski definition) is 1. The van der Waals surface area contributed by atoms with E-state index in [9.17, 15) is 0 Å². The molecule has 0 N–H and O–H groups in total. The highest BCUT2D eigenvalue weighted by Gasteiger charge is 2.04. The number of rotatable bonds is 1. The van der Waals surface area contributed by atoms with Crippen molar-refractivity contribution in [3.05, 3.63) is 17.8 Å². The third kappa shape index (κ3) is 1.44. The number of nitrogens with zero attached hydrogens (tertiary/aromatic N) is 2. The highest BCUT2D eigenvalue weighted by molar-refractivity contribution is 7.80. The Bertz CT molecular complexity index is 306. The molecule has 0 spiro atoms. The number of thiol groups is 1. The van der Waals surface area contributed by atoms with Crippen LogP contribution in [0.3, 0.4) is 0 Å². The maximum absolute atomic E-state index is 8.56. The maximum Gasteiger partial charge on any atom is 0.228 e. The van der Waals surface area contributed by atoms with Crippen molar-refractivity contribution in [2.24, 2.45) is 0 Å². The fourth-order valence-electron chi connectivity index (χ4n) is 0.674. The van der Waals surface area contributed by atoms with Crippen LogP contribution in [0, 0.1) is 11.3 Å². The van der Waals surface area contributed by atoms with Gasteiger partial charge >= 0.3 is 0 Å². The first-order valence-electron chi connectivity index (χ1n) is 2.91. The number of pyridine rings is 1. The summed E-state index contributed by atoms with van der Waals surface area (Å²) in [5.74, 6) is 0.382. The zero-order valence-corrected chi connectivity index (χ0v) is 6.80. The summed E-state index contributed by atoms with van der Waals surface area (Å²) in [6, 6.07) is 3.56. The normalized spacial score (nSPS) is 8.82. The first kappa shape index (κ1) is 7.89. The Balaban J connectivity index is 3.23. The monoisotopic (exact) mass is 166 g/mol. The molecule has 0 fully saturated rings. The van der Waals surface area contributed by atoms with Gasteiger partial charge in [0.25, 0.3) is 0 Å². The molecule has 0 saturated carbocycles. The molecule has 1 aromatic rings. The summed E-state index contributed by atoms with van der Waals surface area (Å²) in [5.41, 5.74) is 0.472. The summed E-state index contributed by atoms with van der Waals surface area (Å²) >= 11 is 4.06. The molecule has 4 heteroatoms. The average molecular weight is 166 g/mol. The smallest absolute Gasteiger partial charge is 0.228 e. The van der Waals surface area contributed by atoms with Crippen molar-refractivity contribution in [3.63, 3.8) is 0 Å². The van der Waals surface area contributed by atoms with E-state index in [1.165, 1.54) is 13.3 Å². The minimum absolute atomic E-state index is 0.382. The van der Waals surface area contributed by atoms with E-state index in [1.54, 1.807) is 6.07 Å². The summed E-state index contributed by atoms with van der Waals surface area (Å²) in [7, 11) is 1.49. The Hall–Kier alpha value is -1.21. The fraction of sp³-hybridized carbons (Fsp3) is 0.143. The van der Waals surface area contributed by atoms with Gasteiger partial charge in [-0.1, -0.05) is 0 Å². The Morgan fingerprint density at radius 2 is 2.45 bits per heavy atom. The summed E-state index contributed by atoms with van der Waals surface area (Å²) in [6.45, 7) is 0. The van der Waals surface area contributed by atoms with Crippen molar-refractivity contribution in [1.82, 2.24) is 4.98 Å². The molecule has 0 amide bonds. The first-order chi connectivity index (χ1) is 5.29. The van der Waals surface area contributed by atoms with Crippen molar-refractivity contribution >= 4 is 12.6 Å². The summed E-state index contributed by atoms with van der Waals surface area (Å²) < 4.78 is 4.85. The van der Waals surface area contributed by atoms with Gasteiger partial charge < -0.3 is 4.74 Å². The van der Waals surface area contributed by atoms with Crippen LogP contribution < -0.4 is 4.74 Å². The quantitative estimate of drug-likeness (QED) is 0.639. The van der Waals surface area contributed by atoms with Gasteiger partial charge in [0.05, 0.1) is 17.6 Å². The molecule has 0 atom stereocenters. The highest BCUT2D eigenvalue weighted by Crippen LogP contribution is 2.21. The van der Waals surface area contributed by atoms with Crippen LogP contribution in [0.5, 0.6) is 5.88 Å². The lowest BCUT2D eigenvalue weighted by molar-refractivity contribution is 0.387. The van der Waals surface area contributed by atoms with Crippen LogP contribution in [-0.4, -0.2) is 12.1 Å². The molecule has 1 heterocycles. The van der Waals surface area contributed by atoms with Crippen LogP contribution >= 0.6 is 12.6 Å². The molecule has 0 aromatic carbocycles. The third-order valence-corrected chi connectivity index (χ3v) is 1.64. The molecule has 0 aliphatic rings. The van der Waals surface area contributed by atoms with Crippen LogP contribution in [0.15, 0.2) is 17.2 Å². The van der Waals surface area contributed by atoms with Crippen molar-refractivity contribution in [3.8, 4) is 11.9 Å².